The van der Waals surface area contributed by atoms with Crippen LogP contribution in [0, 0.1) is 6.92 Å². The molecule has 0 aliphatic heterocycles. The zero-order chi connectivity index (χ0) is 25.9. The van der Waals surface area contributed by atoms with E-state index >= 15 is 0 Å². The molecule has 0 saturated carbocycles. The van der Waals surface area contributed by atoms with Gasteiger partial charge >= 0.3 is 0 Å². The van der Waals surface area contributed by atoms with Crippen LogP contribution < -0.4 is 5.43 Å². The third-order valence-electron chi connectivity index (χ3n) is 6.85. The standard InChI is InChI=1S/C33H26N4O/c1-23-29(27-17-9-11-19-32(27)37(23)22-24-12-4-2-5-13-24)21-34-36-33(38)28-20-31(25-14-6-3-7-15-25)35-30-18-10-8-16-26(28)30/h2-21H,22H2,1H3,(H,36,38)/b34-21+. The lowest BCUT2D eigenvalue weighted by molar-refractivity contribution is 0.0956. The minimum atomic E-state index is -0.275. The number of amides is 1. The first-order chi connectivity index (χ1) is 18.7. The van der Waals surface area contributed by atoms with Gasteiger partial charge in [0.25, 0.3) is 5.91 Å². The second kappa shape index (κ2) is 10.1. The topological polar surface area (TPSA) is 59.3 Å². The molecule has 0 spiro atoms. The number of carbonyl (C=O) groups excluding carboxylic acids is 1. The molecule has 1 N–H and O–H groups in total. The summed E-state index contributed by atoms with van der Waals surface area (Å²) in [6, 6.07) is 38.1. The van der Waals surface area contributed by atoms with Crippen molar-refractivity contribution in [2.75, 3.05) is 0 Å². The number of nitrogens with one attached hydrogen (secondary N) is 1. The smallest absolute Gasteiger partial charge is 0.272 e. The molecule has 6 aromatic rings. The van der Waals surface area contributed by atoms with Crippen LogP contribution in [-0.4, -0.2) is 21.7 Å². The molecule has 0 fully saturated rings. The number of aromatic nitrogens is 2. The fourth-order valence-corrected chi connectivity index (χ4v) is 4.93. The summed E-state index contributed by atoms with van der Waals surface area (Å²) < 4.78 is 2.29. The van der Waals surface area contributed by atoms with Crippen molar-refractivity contribution in [3.63, 3.8) is 0 Å². The summed E-state index contributed by atoms with van der Waals surface area (Å²) >= 11 is 0. The number of hydrazone groups is 1. The summed E-state index contributed by atoms with van der Waals surface area (Å²) in [6.45, 7) is 2.85. The fraction of sp³-hybridized carbons (Fsp3) is 0.0606. The molecular formula is C33H26N4O. The maximum absolute atomic E-state index is 13.4. The van der Waals surface area contributed by atoms with Crippen molar-refractivity contribution in [3.8, 4) is 11.3 Å². The van der Waals surface area contributed by atoms with Gasteiger partial charge in [-0.2, -0.15) is 5.10 Å². The van der Waals surface area contributed by atoms with Gasteiger partial charge in [0.2, 0.25) is 0 Å². The van der Waals surface area contributed by atoms with Crippen molar-refractivity contribution >= 4 is 33.9 Å². The Balaban J connectivity index is 1.33. The van der Waals surface area contributed by atoms with Gasteiger partial charge in [-0.3, -0.25) is 4.79 Å². The highest BCUT2D eigenvalue weighted by molar-refractivity contribution is 6.08. The summed E-state index contributed by atoms with van der Waals surface area (Å²) in [7, 11) is 0. The number of hydrogen-bond acceptors (Lipinski definition) is 3. The van der Waals surface area contributed by atoms with Crippen molar-refractivity contribution < 1.29 is 4.79 Å². The molecule has 5 heteroatoms. The lowest BCUT2D eigenvalue weighted by Gasteiger charge is -2.09. The Morgan fingerprint density at radius 3 is 2.29 bits per heavy atom. The normalized spacial score (nSPS) is 11.4. The van der Waals surface area contributed by atoms with E-state index in [1.807, 2.05) is 78.9 Å². The van der Waals surface area contributed by atoms with Crippen LogP contribution in [0.15, 0.2) is 120 Å². The number of para-hydroxylation sites is 2. The van der Waals surface area contributed by atoms with Gasteiger partial charge in [0.1, 0.15) is 0 Å². The minimum Gasteiger partial charge on any atom is -0.340 e. The first kappa shape index (κ1) is 23.4. The third-order valence-corrected chi connectivity index (χ3v) is 6.85. The summed E-state index contributed by atoms with van der Waals surface area (Å²) in [5, 5.41) is 6.28. The van der Waals surface area contributed by atoms with Crippen LogP contribution in [-0.2, 0) is 6.54 Å². The molecule has 0 radical (unpaired) electrons. The van der Waals surface area contributed by atoms with Crippen LogP contribution in [0.4, 0.5) is 0 Å². The molecule has 0 saturated heterocycles. The summed E-state index contributed by atoms with van der Waals surface area (Å²) in [5.74, 6) is -0.275. The zero-order valence-corrected chi connectivity index (χ0v) is 21.0. The number of carbonyl (C=O) groups is 1. The number of fused-ring (bicyclic) bond motifs is 2. The van der Waals surface area contributed by atoms with E-state index in [1.54, 1.807) is 6.21 Å². The molecular weight excluding hydrogens is 468 g/mol. The molecule has 4 aromatic carbocycles. The number of hydrogen-bond donors (Lipinski definition) is 1. The Labute approximate surface area is 221 Å². The van der Waals surface area contributed by atoms with Crippen molar-refractivity contribution in [2.45, 2.75) is 13.5 Å². The van der Waals surface area contributed by atoms with E-state index in [4.69, 9.17) is 4.98 Å². The number of pyridine rings is 1. The predicted molar refractivity (Wildman–Crippen MR) is 154 cm³/mol. The second-order valence-corrected chi connectivity index (χ2v) is 9.23. The van der Waals surface area contributed by atoms with E-state index in [0.717, 1.165) is 50.9 Å². The Hall–Kier alpha value is -5.03. The van der Waals surface area contributed by atoms with Crippen LogP contribution in [0.2, 0.25) is 0 Å². The molecule has 1 amide bonds. The first-order valence-electron chi connectivity index (χ1n) is 12.6. The molecule has 2 aromatic heterocycles. The average Bonchev–Trinajstić information content (AvgIpc) is 3.23. The highest BCUT2D eigenvalue weighted by atomic mass is 16.2. The van der Waals surface area contributed by atoms with E-state index < -0.39 is 0 Å². The molecule has 38 heavy (non-hydrogen) atoms. The monoisotopic (exact) mass is 494 g/mol. The number of rotatable bonds is 6. The molecule has 184 valence electrons. The number of benzene rings is 4. The molecule has 0 unspecified atom stereocenters. The molecule has 0 aliphatic rings. The van der Waals surface area contributed by atoms with E-state index in [1.165, 1.54) is 5.56 Å². The van der Waals surface area contributed by atoms with Gasteiger partial charge in [0.05, 0.1) is 23.0 Å². The molecule has 5 nitrogen and oxygen atoms in total. The minimum absolute atomic E-state index is 0.275. The summed E-state index contributed by atoms with van der Waals surface area (Å²) in [6.07, 6.45) is 1.75. The molecule has 0 atom stereocenters. The van der Waals surface area contributed by atoms with Gasteiger partial charge in [0, 0.05) is 39.7 Å². The molecule has 6 rings (SSSR count). The van der Waals surface area contributed by atoms with Crippen molar-refractivity contribution in [1.82, 2.24) is 15.0 Å². The van der Waals surface area contributed by atoms with Crippen molar-refractivity contribution in [1.29, 1.82) is 0 Å². The summed E-state index contributed by atoms with van der Waals surface area (Å²) in [4.78, 5) is 18.1. The fourth-order valence-electron chi connectivity index (χ4n) is 4.93. The first-order valence-corrected chi connectivity index (χ1v) is 12.6. The van der Waals surface area contributed by atoms with Crippen LogP contribution in [0.25, 0.3) is 33.1 Å². The maximum atomic E-state index is 13.4. The highest BCUT2D eigenvalue weighted by Gasteiger charge is 2.15. The molecule has 0 bridgehead atoms. The van der Waals surface area contributed by atoms with Crippen LogP contribution in [0.5, 0.6) is 0 Å². The van der Waals surface area contributed by atoms with E-state index in [-0.39, 0.29) is 5.91 Å². The predicted octanol–water partition coefficient (Wildman–Crippen LogP) is 6.98. The number of nitrogens with zero attached hydrogens (tertiary/aromatic N) is 3. The second-order valence-electron chi connectivity index (χ2n) is 9.23. The average molecular weight is 495 g/mol. The van der Waals surface area contributed by atoms with Crippen LogP contribution >= 0.6 is 0 Å². The van der Waals surface area contributed by atoms with Gasteiger partial charge in [0.15, 0.2) is 0 Å². The molecule has 0 aliphatic carbocycles. The Kier molecular flexibility index (Phi) is 6.24. The van der Waals surface area contributed by atoms with E-state index in [9.17, 15) is 4.79 Å². The summed E-state index contributed by atoms with van der Waals surface area (Å²) in [5.41, 5.74) is 10.2. The maximum Gasteiger partial charge on any atom is 0.272 e. The van der Waals surface area contributed by atoms with Gasteiger partial charge in [-0.05, 0) is 30.7 Å². The van der Waals surface area contributed by atoms with Crippen molar-refractivity contribution in [2.24, 2.45) is 5.10 Å². The Morgan fingerprint density at radius 1 is 0.842 bits per heavy atom. The molecule has 2 heterocycles. The van der Waals surface area contributed by atoms with Crippen LogP contribution in [0.1, 0.15) is 27.2 Å². The van der Waals surface area contributed by atoms with Crippen molar-refractivity contribution in [3.05, 3.63) is 138 Å². The largest absolute Gasteiger partial charge is 0.340 e. The van der Waals surface area contributed by atoms with Gasteiger partial charge in [-0.25, -0.2) is 10.4 Å². The zero-order valence-electron chi connectivity index (χ0n) is 21.0. The Bertz CT molecular complexity index is 1790. The highest BCUT2D eigenvalue weighted by Crippen LogP contribution is 2.27. The van der Waals surface area contributed by atoms with Gasteiger partial charge in [-0.15, -0.1) is 0 Å². The van der Waals surface area contributed by atoms with E-state index in [2.05, 4.69) is 58.4 Å². The lowest BCUT2D eigenvalue weighted by atomic mass is 10.0. The van der Waals surface area contributed by atoms with E-state index in [0.29, 0.717) is 5.56 Å². The Morgan fingerprint density at radius 2 is 1.50 bits per heavy atom. The van der Waals surface area contributed by atoms with Gasteiger partial charge < -0.3 is 4.57 Å². The quantitative estimate of drug-likeness (QED) is 0.201. The van der Waals surface area contributed by atoms with Gasteiger partial charge in [-0.1, -0.05) is 97.1 Å². The SMILES string of the molecule is Cc1c(/C=N/NC(=O)c2cc(-c3ccccc3)nc3ccccc23)c2ccccc2n1Cc1ccccc1. The van der Waals surface area contributed by atoms with Crippen LogP contribution in [0.3, 0.4) is 0 Å². The third kappa shape index (κ3) is 4.46. The lowest BCUT2D eigenvalue weighted by Crippen LogP contribution is -2.18.